The van der Waals surface area contributed by atoms with Crippen LogP contribution in [0.3, 0.4) is 0 Å². The van der Waals surface area contributed by atoms with E-state index in [2.05, 4.69) is 30.6 Å². The molecule has 0 N–H and O–H groups in total. The molecule has 0 atom stereocenters. The molecular weight excluding hydrogens is 238 g/mol. The molecule has 2 saturated heterocycles. The van der Waals surface area contributed by atoms with E-state index < -0.39 is 0 Å². The van der Waals surface area contributed by atoms with E-state index in [1.807, 2.05) is 4.90 Å². The molecular formula is C15H29N3O. The van der Waals surface area contributed by atoms with Gasteiger partial charge in [0.15, 0.2) is 0 Å². The van der Waals surface area contributed by atoms with E-state index in [-0.39, 0.29) is 0 Å². The van der Waals surface area contributed by atoms with Crippen LogP contribution in [0.25, 0.3) is 0 Å². The summed E-state index contributed by atoms with van der Waals surface area (Å²) >= 11 is 0. The molecule has 0 aromatic rings. The Morgan fingerprint density at radius 2 is 1.58 bits per heavy atom. The third-order valence-corrected chi connectivity index (χ3v) is 4.91. The number of hydrogen-bond donors (Lipinski definition) is 0. The van der Waals surface area contributed by atoms with E-state index in [0.717, 1.165) is 39.3 Å². The number of piperazine rings is 1. The standard InChI is InChI=1S/C15H29N3O/c1-4-15(2,3)18-11-9-16(10-12-18)13-14(19)17-7-5-6-8-17/h4-13H2,1-3H3. The normalized spacial score (nSPS) is 23.0. The van der Waals surface area contributed by atoms with Crippen LogP contribution in [0.2, 0.25) is 0 Å². The minimum absolute atomic E-state index is 0.297. The summed E-state index contributed by atoms with van der Waals surface area (Å²) in [5, 5.41) is 0. The number of rotatable bonds is 4. The quantitative estimate of drug-likeness (QED) is 0.771. The number of carbonyl (C=O) groups is 1. The zero-order chi connectivity index (χ0) is 13.9. The summed E-state index contributed by atoms with van der Waals surface area (Å²) in [6.45, 7) is 13.7. The first-order valence-corrected chi connectivity index (χ1v) is 7.78. The molecule has 0 bridgehead atoms. The van der Waals surface area contributed by atoms with Crippen molar-refractivity contribution in [2.24, 2.45) is 0 Å². The lowest BCUT2D eigenvalue weighted by atomic mass is 9.98. The van der Waals surface area contributed by atoms with E-state index in [0.29, 0.717) is 18.0 Å². The molecule has 2 fully saturated rings. The lowest BCUT2D eigenvalue weighted by molar-refractivity contribution is -0.132. The summed E-state index contributed by atoms with van der Waals surface area (Å²) < 4.78 is 0. The fourth-order valence-electron chi connectivity index (χ4n) is 2.99. The largest absolute Gasteiger partial charge is 0.342 e. The van der Waals surface area contributed by atoms with Crippen molar-refractivity contribution in [2.45, 2.75) is 45.6 Å². The van der Waals surface area contributed by atoms with Crippen LogP contribution in [0.1, 0.15) is 40.0 Å². The average Bonchev–Trinajstić information content (AvgIpc) is 2.93. The molecule has 0 aliphatic carbocycles. The Kier molecular flexibility index (Phi) is 4.85. The predicted octanol–water partition coefficient (Wildman–Crippen LogP) is 1.42. The average molecular weight is 267 g/mol. The fourth-order valence-corrected chi connectivity index (χ4v) is 2.99. The molecule has 0 aromatic carbocycles. The second-order valence-corrected chi connectivity index (χ2v) is 6.52. The van der Waals surface area contributed by atoms with Crippen molar-refractivity contribution in [3.8, 4) is 0 Å². The van der Waals surface area contributed by atoms with Gasteiger partial charge in [-0.1, -0.05) is 6.92 Å². The van der Waals surface area contributed by atoms with Crippen molar-refractivity contribution < 1.29 is 4.79 Å². The second kappa shape index (κ2) is 6.23. The summed E-state index contributed by atoms with van der Waals surface area (Å²) in [4.78, 5) is 19.0. The van der Waals surface area contributed by atoms with E-state index >= 15 is 0 Å². The van der Waals surface area contributed by atoms with Gasteiger partial charge in [-0.2, -0.15) is 0 Å². The van der Waals surface area contributed by atoms with Gasteiger partial charge in [0.2, 0.25) is 5.91 Å². The molecule has 2 aliphatic rings. The van der Waals surface area contributed by atoms with Crippen molar-refractivity contribution in [1.82, 2.24) is 14.7 Å². The fraction of sp³-hybridized carbons (Fsp3) is 0.933. The molecule has 0 saturated carbocycles. The van der Waals surface area contributed by atoms with Crippen LogP contribution in [0, 0.1) is 0 Å². The van der Waals surface area contributed by atoms with Crippen LogP contribution >= 0.6 is 0 Å². The van der Waals surface area contributed by atoms with Crippen molar-refractivity contribution in [3.63, 3.8) is 0 Å². The monoisotopic (exact) mass is 267 g/mol. The Labute approximate surface area is 117 Å². The smallest absolute Gasteiger partial charge is 0.236 e. The Hall–Kier alpha value is -0.610. The minimum atomic E-state index is 0.297. The first-order valence-electron chi connectivity index (χ1n) is 7.78. The number of hydrogen-bond acceptors (Lipinski definition) is 3. The van der Waals surface area contributed by atoms with E-state index in [4.69, 9.17) is 0 Å². The summed E-state index contributed by atoms with van der Waals surface area (Å²) in [7, 11) is 0. The third-order valence-electron chi connectivity index (χ3n) is 4.91. The van der Waals surface area contributed by atoms with Gasteiger partial charge in [-0.25, -0.2) is 0 Å². The van der Waals surface area contributed by atoms with Gasteiger partial charge in [-0.15, -0.1) is 0 Å². The first-order chi connectivity index (χ1) is 9.03. The van der Waals surface area contributed by atoms with Gasteiger partial charge >= 0.3 is 0 Å². The van der Waals surface area contributed by atoms with E-state index in [1.54, 1.807) is 0 Å². The van der Waals surface area contributed by atoms with Gasteiger partial charge in [0.25, 0.3) is 0 Å². The first kappa shape index (κ1) is 14.8. The lowest BCUT2D eigenvalue weighted by Crippen LogP contribution is -2.55. The Morgan fingerprint density at radius 3 is 2.11 bits per heavy atom. The molecule has 2 heterocycles. The van der Waals surface area contributed by atoms with Gasteiger partial charge in [0.1, 0.15) is 0 Å². The van der Waals surface area contributed by atoms with Gasteiger partial charge in [-0.3, -0.25) is 14.6 Å². The van der Waals surface area contributed by atoms with Crippen molar-refractivity contribution in [2.75, 3.05) is 45.8 Å². The Morgan fingerprint density at radius 1 is 1.00 bits per heavy atom. The zero-order valence-electron chi connectivity index (χ0n) is 12.8. The van der Waals surface area contributed by atoms with Crippen LogP contribution in [0.5, 0.6) is 0 Å². The number of likely N-dealkylation sites (tertiary alicyclic amines) is 1. The Balaban J connectivity index is 1.75. The van der Waals surface area contributed by atoms with Crippen LogP contribution in [0.15, 0.2) is 0 Å². The SMILES string of the molecule is CCC(C)(C)N1CCN(CC(=O)N2CCCC2)CC1. The summed E-state index contributed by atoms with van der Waals surface area (Å²) in [6.07, 6.45) is 3.55. The van der Waals surface area contributed by atoms with Gasteiger partial charge in [0, 0.05) is 44.8 Å². The number of nitrogens with zero attached hydrogens (tertiary/aromatic N) is 3. The summed E-state index contributed by atoms with van der Waals surface area (Å²) in [6, 6.07) is 0. The summed E-state index contributed by atoms with van der Waals surface area (Å²) in [5.41, 5.74) is 0.297. The molecule has 0 aromatic heterocycles. The maximum Gasteiger partial charge on any atom is 0.236 e. The maximum absolute atomic E-state index is 12.1. The third kappa shape index (κ3) is 3.69. The van der Waals surface area contributed by atoms with E-state index in [1.165, 1.54) is 19.3 Å². The molecule has 110 valence electrons. The molecule has 4 nitrogen and oxygen atoms in total. The molecule has 0 radical (unpaired) electrons. The van der Waals surface area contributed by atoms with Crippen LogP contribution < -0.4 is 0 Å². The van der Waals surface area contributed by atoms with Crippen LogP contribution in [-0.2, 0) is 4.79 Å². The summed E-state index contributed by atoms with van der Waals surface area (Å²) in [5.74, 6) is 0.334. The van der Waals surface area contributed by atoms with Crippen LogP contribution in [-0.4, -0.2) is 72.0 Å². The van der Waals surface area contributed by atoms with Gasteiger partial charge < -0.3 is 4.90 Å². The molecule has 4 heteroatoms. The molecule has 0 spiro atoms. The predicted molar refractivity (Wildman–Crippen MR) is 78.2 cm³/mol. The highest BCUT2D eigenvalue weighted by Crippen LogP contribution is 2.20. The molecule has 1 amide bonds. The highest BCUT2D eigenvalue weighted by atomic mass is 16.2. The van der Waals surface area contributed by atoms with Crippen molar-refractivity contribution >= 4 is 5.91 Å². The highest BCUT2D eigenvalue weighted by molar-refractivity contribution is 5.78. The number of carbonyl (C=O) groups excluding carboxylic acids is 1. The Bertz CT molecular complexity index is 303. The minimum Gasteiger partial charge on any atom is -0.342 e. The lowest BCUT2D eigenvalue weighted by Gasteiger charge is -2.43. The maximum atomic E-state index is 12.1. The van der Waals surface area contributed by atoms with Crippen LogP contribution in [0.4, 0.5) is 0 Å². The zero-order valence-corrected chi connectivity index (χ0v) is 12.8. The molecule has 0 unspecified atom stereocenters. The molecule has 2 aliphatic heterocycles. The highest BCUT2D eigenvalue weighted by Gasteiger charge is 2.29. The van der Waals surface area contributed by atoms with E-state index in [9.17, 15) is 4.79 Å². The topological polar surface area (TPSA) is 26.8 Å². The van der Waals surface area contributed by atoms with Gasteiger partial charge in [-0.05, 0) is 33.1 Å². The van der Waals surface area contributed by atoms with Gasteiger partial charge in [0.05, 0.1) is 6.54 Å². The second-order valence-electron chi connectivity index (χ2n) is 6.52. The van der Waals surface area contributed by atoms with Crippen molar-refractivity contribution in [1.29, 1.82) is 0 Å². The molecule has 2 rings (SSSR count). The molecule has 19 heavy (non-hydrogen) atoms. The number of amides is 1. The van der Waals surface area contributed by atoms with Crippen molar-refractivity contribution in [3.05, 3.63) is 0 Å².